The Bertz CT molecular complexity index is 895. The molecule has 0 amide bonds. The molecule has 4 rings (SSSR count). The number of hydrogen-bond acceptors (Lipinski definition) is 6. The normalized spacial score (nSPS) is 38.6. The Morgan fingerprint density at radius 3 is 2.44 bits per heavy atom. The van der Waals surface area contributed by atoms with Crippen LogP contribution in [0.1, 0.15) is 44.1 Å². The molecule has 2 aliphatic heterocycles. The lowest BCUT2D eigenvalue weighted by atomic mass is 9.50. The third-order valence-corrected chi connectivity index (χ3v) is 6.67. The summed E-state index contributed by atoms with van der Waals surface area (Å²) in [6.45, 7) is 1.83. The molecule has 1 N–H and O–H groups in total. The predicted octanol–water partition coefficient (Wildman–Crippen LogP) is 3.63. The molecule has 6 heteroatoms. The van der Waals surface area contributed by atoms with Crippen molar-refractivity contribution >= 4 is 5.90 Å². The molecule has 5 unspecified atom stereocenters. The van der Waals surface area contributed by atoms with Crippen molar-refractivity contribution in [2.45, 2.75) is 50.4 Å². The fourth-order valence-electron chi connectivity index (χ4n) is 5.35. The Balaban J connectivity index is 1.86. The molecule has 0 aromatic heterocycles. The molecule has 2 bridgehead atoms. The van der Waals surface area contributed by atoms with E-state index >= 15 is 0 Å². The topological polar surface area (TPSA) is 114 Å². The van der Waals surface area contributed by atoms with Gasteiger partial charge in [-0.05, 0) is 30.7 Å². The number of hydrogen-bond donors (Lipinski definition) is 1. The van der Waals surface area contributed by atoms with E-state index in [4.69, 9.17) is 14.9 Å². The summed E-state index contributed by atoms with van der Waals surface area (Å²) in [4.78, 5) is 0. The highest BCUT2D eigenvalue weighted by Crippen LogP contribution is 2.67. The van der Waals surface area contributed by atoms with Gasteiger partial charge in [0.1, 0.15) is 0 Å². The standard InChI is InChI=1S/C21H20N4O2/c1-2-17-19(11-22,12-23)20(13-24)16-10-15(14-6-4-3-5-7-14)8-9-21(16,26-17)27-18(20)25/h3-7,15-17,25H,2,8-10H2,1H3. The van der Waals surface area contributed by atoms with E-state index in [1.54, 1.807) is 0 Å². The summed E-state index contributed by atoms with van der Waals surface area (Å²) < 4.78 is 12.1. The van der Waals surface area contributed by atoms with Gasteiger partial charge in [-0.15, -0.1) is 0 Å². The number of nitrogens with one attached hydrogen (secondary N) is 1. The van der Waals surface area contributed by atoms with Gasteiger partial charge in [-0.25, -0.2) is 0 Å². The van der Waals surface area contributed by atoms with Crippen LogP contribution < -0.4 is 0 Å². The second-order valence-corrected chi connectivity index (χ2v) is 7.64. The highest BCUT2D eigenvalue weighted by atomic mass is 16.7. The van der Waals surface area contributed by atoms with Gasteiger partial charge in [0.05, 0.1) is 30.2 Å². The minimum Gasteiger partial charge on any atom is -0.447 e. The maximum atomic E-state index is 10.2. The molecule has 1 saturated carbocycles. The molecule has 0 spiro atoms. The molecular weight excluding hydrogens is 340 g/mol. The molecular formula is C21H20N4O2. The Hall–Kier alpha value is -2.88. The number of rotatable bonds is 2. The summed E-state index contributed by atoms with van der Waals surface area (Å²) >= 11 is 0. The van der Waals surface area contributed by atoms with E-state index < -0.39 is 28.6 Å². The van der Waals surface area contributed by atoms with Crippen LogP contribution in [0.3, 0.4) is 0 Å². The summed E-state index contributed by atoms with van der Waals surface area (Å²) in [7, 11) is 0. The SMILES string of the molecule is CCC1OC23CCC(c4ccccc4)CC2C(C#N)(C(=N)O3)C1(C#N)C#N. The lowest BCUT2D eigenvalue weighted by molar-refractivity contribution is -0.293. The minimum absolute atomic E-state index is 0.170. The summed E-state index contributed by atoms with van der Waals surface area (Å²) in [5.41, 5.74) is -2.21. The van der Waals surface area contributed by atoms with Gasteiger partial charge in [0.15, 0.2) is 10.8 Å². The van der Waals surface area contributed by atoms with Gasteiger partial charge in [-0.2, -0.15) is 15.8 Å². The Morgan fingerprint density at radius 1 is 1.15 bits per heavy atom. The average molecular weight is 360 g/mol. The monoisotopic (exact) mass is 360 g/mol. The molecule has 1 aliphatic carbocycles. The van der Waals surface area contributed by atoms with Crippen molar-refractivity contribution in [2.24, 2.45) is 16.7 Å². The lowest BCUT2D eigenvalue weighted by Crippen LogP contribution is -2.63. The maximum absolute atomic E-state index is 10.2. The van der Waals surface area contributed by atoms with Crippen LogP contribution in [0.25, 0.3) is 0 Å². The van der Waals surface area contributed by atoms with Crippen LogP contribution in [0.4, 0.5) is 0 Å². The Kier molecular flexibility index (Phi) is 3.77. The second-order valence-electron chi connectivity index (χ2n) is 7.64. The van der Waals surface area contributed by atoms with Crippen LogP contribution in [0.15, 0.2) is 30.3 Å². The van der Waals surface area contributed by atoms with Crippen molar-refractivity contribution in [1.29, 1.82) is 21.2 Å². The van der Waals surface area contributed by atoms with Gasteiger partial charge in [0.2, 0.25) is 11.7 Å². The number of benzene rings is 1. The molecule has 0 radical (unpaired) electrons. The third kappa shape index (κ3) is 1.93. The van der Waals surface area contributed by atoms with E-state index in [1.807, 2.05) is 25.1 Å². The van der Waals surface area contributed by atoms with E-state index in [-0.39, 0.29) is 11.8 Å². The van der Waals surface area contributed by atoms with E-state index in [2.05, 4.69) is 30.3 Å². The zero-order chi connectivity index (χ0) is 19.3. The van der Waals surface area contributed by atoms with Gasteiger partial charge >= 0.3 is 0 Å². The Labute approximate surface area is 158 Å². The zero-order valence-corrected chi connectivity index (χ0v) is 15.1. The first-order chi connectivity index (χ1) is 13.0. The Morgan fingerprint density at radius 2 is 1.85 bits per heavy atom. The smallest absolute Gasteiger partial charge is 0.217 e. The number of nitriles is 3. The quantitative estimate of drug-likeness (QED) is 0.865. The lowest BCUT2D eigenvalue weighted by Gasteiger charge is -2.52. The third-order valence-electron chi connectivity index (χ3n) is 6.67. The fourth-order valence-corrected chi connectivity index (χ4v) is 5.35. The van der Waals surface area contributed by atoms with Crippen molar-refractivity contribution in [3.8, 4) is 18.2 Å². The van der Waals surface area contributed by atoms with E-state index in [1.165, 1.54) is 0 Å². The summed E-state index contributed by atoms with van der Waals surface area (Å²) in [5, 5.41) is 38.7. The molecule has 3 fully saturated rings. The van der Waals surface area contributed by atoms with Crippen LogP contribution in [-0.2, 0) is 9.47 Å². The largest absolute Gasteiger partial charge is 0.447 e. The van der Waals surface area contributed by atoms with Crippen molar-refractivity contribution < 1.29 is 9.47 Å². The van der Waals surface area contributed by atoms with E-state index in [0.29, 0.717) is 19.3 Å². The van der Waals surface area contributed by atoms with Crippen LogP contribution in [0.5, 0.6) is 0 Å². The maximum Gasteiger partial charge on any atom is 0.217 e. The zero-order valence-electron chi connectivity index (χ0n) is 15.1. The summed E-state index contributed by atoms with van der Waals surface area (Å²) in [6, 6.07) is 16.4. The fraction of sp³-hybridized carbons (Fsp3) is 0.524. The molecule has 136 valence electrons. The second kappa shape index (κ2) is 5.81. The van der Waals surface area contributed by atoms with Crippen LogP contribution in [0.2, 0.25) is 0 Å². The molecule has 2 saturated heterocycles. The van der Waals surface area contributed by atoms with Gasteiger partial charge < -0.3 is 9.47 Å². The van der Waals surface area contributed by atoms with Gasteiger partial charge in [-0.1, -0.05) is 37.3 Å². The van der Waals surface area contributed by atoms with Crippen molar-refractivity contribution in [3.05, 3.63) is 35.9 Å². The molecule has 1 aromatic carbocycles. The molecule has 1 aromatic rings. The van der Waals surface area contributed by atoms with E-state index in [9.17, 15) is 15.8 Å². The average Bonchev–Trinajstić information content (AvgIpc) is 2.92. The van der Waals surface area contributed by atoms with Crippen LogP contribution >= 0.6 is 0 Å². The highest BCUT2D eigenvalue weighted by molar-refractivity contribution is 5.89. The summed E-state index contributed by atoms with van der Waals surface area (Å²) in [6.07, 6.45) is 1.52. The molecule has 27 heavy (non-hydrogen) atoms. The van der Waals surface area contributed by atoms with Gasteiger partial charge in [-0.3, -0.25) is 5.41 Å². The minimum atomic E-state index is -1.75. The van der Waals surface area contributed by atoms with Crippen molar-refractivity contribution in [3.63, 3.8) is 0 Å². The first kappa shape index (κ1) is 17.5. The number of nitrogens with zero attached hydrogens (tertiary/aromatic N) is 3. The molecule has 6 nitrogen and oxygen atoms in total. The van der Waals surface area contributed by atoms with Gasteiger partial charge in [0.25, 0.3) is 0 Å². The number of ether oxygens (including phenoxy) is 2. The van der Waals surface area contributed by atoms with Crippen molar-refractivity contribution in [1.82, 2.24) is 0 Å². The van der Waals surface area contributed by atoms with Crippen LogP contribution in [-0.4, -0.2) is 17.8 Å². The van der Waals surface area contributed by atoms with Crippen LogP contribution in [0, 0.1) is 56.2 Å². The van der Waals surface area contributed by atoms with E-state index in [0.717, 1.165) is 12.0 Å². The first-order valence-electron chi connectivity index (χ1n) is 9.28. The van der Waals surface area contributed by atoms with Crippen molar-refractivity contribution in [2.75, 3.05) is 0 Å². The summed E-state index contributed by atoms with van der Waals surface area (Å²) in [5.74, 6) is -1.73. The molecule has 3 aliphatic rings. The predicted molar refractivity (Wildman–Crippen MR) is 94.9 cm³/mol. The molecule has 5 atom stereocenters. The van der Waals surface area contributed by atoms with Gasteiger partial charge in [0, 0.05) is 6.42 Å². The highest BCUT2D eigenvalue weighted by Gasteiger charge is 2.80. The molecule has 2 heterocycles. The first-order valence-corrected chi connectivity index (χ1v) is 9.28.